The lowest BCUT2D eigenvalue weighted by molar-refractivity contribution is -0.108. The van der Waals surface area contributed by atoms with E-state index >= 15 is 0 Å². The molecule has 0 radical (unpaired) electrons. The van der Waals surface area contributed by atoms with Crippen LogP contribution in [0.5, 0.6) is 5.75 Å². The summed E-state index contributed by atoms with van der Waals surface area (Å²) < 4.78 is 7.54. The number of aromatic nitrogens is 2. The number of aryl methyl sites for hydroxylation is 1. The monoisotopic (exact) mass is 348 g/mol. The van der Waals surface area contributed by atoms with Crippen LogP contribution in [-0.4, -0.2) is 28.2 Å². The van der Waals surface area contributed by atoms with Gasteiger partial charge >= 0.3 is 0 Å². The van der Waals surface area contributed by atoms with E-state index in [2.05, 4.69) is 4.98 Å². The minimum atomic E-state index is -0.0298. The summed E-state index contributed by atoms with van der Waals surface area (Å²) in [5.41, 5.74) is 3.11. The number of benzene rings is 2. The van der Waals surface area contributed by atoms with E-state index in [1.54, 1.807) is 18.6 Å². The largest absolute Gasteiger partial charge is 0.493 e. The molecule has 0 N–H and O–H groups in total. The van der Waals surface area contributed by atoms with Gasteiger partial charge in [-0.1, -0.05) is 0 Å². The first-order chi connectivity index (χ1) is 12.7. The van der Waals surface area contributed by atoms with Crippen molar-refractivity contribution in [3.63, 3.8) is 0 Å². The Bertz CT molecular complexity index is 884. The van der Waals surface area contributed by atoms with Crippen molar-refractivity contribution in [1.29, 1.82) is 0 Å². The van der Waals surface area contributed by atoms with Gasteiger partial charge in [0.1, 0.15) is 12.0 Å². The first kappa shape index (κ1) is 17.6. The van der Waals surface area contributed by atoms with Gasteiger partial charge in [-0.3, -0.25) is 4.79 Å². The van der Waals surface area contributed by atoms with Crippen molar-refractivity contribution in [2.45, 2.75) is 19.8 Å². The summed E-state index contributed by atoms with van der Waals surface area (Å²) in [4.78, 5) is 27.1. The van der Waals surface area contributed by atoms with Crippen LogP contribution in [0.25, 0.3) is 5.69 Å². The standard InChI is InChI=1S/C21H20N2O3/c1-16-14-18(6-9-20(16)26-13-3-2-12-24)21(25)17-4-7-19(8-5-17)23-11-10-22-15-23/h4-12,14-15H,2-3,13H2,1H3. The number of hydrogen-bond acceptors (Lipinski definition) is 4. The predicted molar refractivity (Wildman–Crippen MR) is 99.0 cm³/mol. The maximum Gasteiger partial charge on any atom is 0.193 e. The van der Waals surface area contributed by atoms with E-state index < -0.39 is 0 Å². The van der Waals surface area contributed by atoms with Gasteiger partial charge in [0.15, 0.2) is 5.78 Å². The van der Waals surface area contributed by atoms with E-state index in [1.165, 1.54) is 0 Å². The molecule has 0 saturated heterocycles. The molecular weight excluding hydrogens is 328 g/mol. The number of ether oxygens (including phenoxy) is 1. The molecular formula is C21H20N2O3. The molecule has 26 heavy (non-hydrogen) atoms. The van der Waals surface area contributed by atoms with Crippen LogP contribution >= 0.6 is 0 Å². The summed E-state index contributed by atoms with van der Waals surface area (Å²) in [7, 11) is 0. The Morgan fingerprint density at radius 2 is 1.92 bits per heavy atom. The van der Waals surface area contributed by atoms with Gasteiger partial charge in [0.05, 0.1) is 12.9 Å². The zero-order valence-electron chi connectivity index (χ0n) is 14.6. The van der Waals surface area contributed by atoms with Crippen molar-refractivity contribution in [1.82, 2.24) is 9.55 Å². The first-order valence-electron chi connectivity index (χ1n) is 8.49. The van der Waals surface area contributed by atoms with Crippen LogP contribution in [0.2, 0.25) is 0 Å². The van der Waals surface area contributed by atoms with E-state index in [0.29, 0.717) is 30.6 Å². The molecule has 0 aliphatic heterocycles. The molecule has 0 fully saturated rings. The summed E-state index contributed by atoms with van der Waals surface area (Å²) >= 11 is 0. The van der Waals surface area contributed by atoms with Gasteiger partial charge in [0, 0.05) is 35.6 Å². The van der Waals surface area contributed by atoms with Gasteiger partial charge < -0.3 is 14.1 Å². The number of aldehydes is 1. The number of hydrogen-bond donors (Lipinski definition) is 0. The molecule has 0 bridgehead atoms. The Balaban J connectivity index is 1.71. The van der Waals surface area contributed by atoms with Crippen LogP contribution < -0.4 is 4.74 Å². The molecule has 1 aromatic heterocycles. The van der Waals surface area contributed by atoms with Gasteiger partial charge in [-0.25, -0.2) is 4.98 Å². The summed E-state index contributed by atoms with van der Waals surface area (Å²) in [5.74, 6) is 0.709. The fraction of sp³-hybridized carbons (Fsp3) is 0.190. The Morgan fingerprint density at radius 3 is 2.58 bits per heavy atom. The maximum absolute atomic E-state index is 12.7. The van der Waals surface area contributed by atoms with Gasteiger partial charge in [-0.05, 0) is 61.4 Å². The average molecular weight is 348 g/mol. The molecule has 1 heterocycles. The SMILES string of the molecule is Cc1cc(C(=O)c2ccc(-n3ccnc3)cc2)ccc1OCCCC=O. The number of nitrogens with zero attached hydrogens (tertiary/aromatic N) is 2. The Hall–Kier alpha value is -3.21. The lowest BCUT2D eigenvalue weighted by Gasteiger charge is -2.10. The predicted octanol–water partition coefficient (Wildman–Crippen LogP) is 3.77. The lowest BCUT2D eigenvalue weighted by Crippen LogP contribution is -2.04. The van der Waals surface area contributed by atoms with Crippen LogP contribution in [-0.2, 0) is 4.79 Å². The highest BCUT2D eigenvalue weighted by Gasteiger charge is 2.11. The van der Waals surface area contributed by atoms with Gasteiger partial charge in [0.25, 0.3) is 0 Å². The third-order valence-corrected chi connectivity index (χ3v) is 4.09. The molecule has 132 valence electrons. The second-order valence-corrected chi connectivity index (χ2v) is 5.98. The normalized spacial score (nSPS) is 10.5. The van der Waals surface area contributed by atoms with E-state index in [1.807, 2.05) is 54.1 Å². The number of rotatable bonds is 8. The van der Waals surface area contributed by atoms with Crippen LogP contribution in [0.4, 0.5) is 0 Å². The minimum Gasteiger partial charge on any atom is -0.493 e. The number of unbranched alkanes of at least 4 members (excludes halogenated alkanes) is 1. The van der Waals surface area contributed by atoms with Gasteiger partial charge in [0.2, 0.25) is 0 Å². The molecule has 0 saturated carbocycles. The molecule has 2 aromatic carbocycles. The van der Waals surface area contributed by atoms with E-state index in [-0.39, 0.29) is 5.78 Å². The third-order valence-electron chi connectivity index (χ3n) is 4.09. The van der Waals surface area contributed by atoms with E-state index in [4.69, 9.17) is 4.74 Å². The summed E-state index contributed by atoms with van der Waals surface area (Å²) in [6.07, 6.45) is 7.35. The van der Waals surface area contributed by atoms with Gasteiger partial charge in [-0.2, -0.15) is 0 Å². The zero-order valence-corrected chi connectivity index (χ0v) is 14.6. The Morgan fingerprint density at radius 1 is 1.15 bits per heavy atom. The van der Waals surface area contributed by atoms with Crippen molar-refractivity contribution < 1.29 is 14.3 Å². The van der Waals surface area contributed by atoms with Crippen LogP contribution in [0, 0.1) is 6.92 Å². The van der Waals surface area contributed by atoms with Crippen molar-refractivity contribution in [2.24, 2.45) is 0 Å². The van der Waals surface area contributed by atoms with E-state index in [0.717, 1.165) is 23.3 Å². The summed E-state index contributed by atoms with van der Waals surface area (Å²) in [5, 5.41) is 0. The topological polar surface area (TPSA) is 61.2 Å². The smallest absolute Gasteiger partial charge is 0.193 e. The Labute approximate surface area is 152 Å². The number of carbonyl (C=O) groups excluding carboxylic acids is 2. The molecule has 0 aliphatic carbocycles. The fourth-order valence-corrected chi connectivity index (χ4v) is 2.66. The van der Waals surface area contributed by atoms with Crippen LogP contribution in [0.15, 0.2) is 61.2 Å². The average Bonchev–Trinajstić information content (AvgIpc) is 3.20. The number of imidazole rings is 1. The fourth-order valence-electron chi connectivity index (χ4n) is 2.66. The minimum absolute atomic E-state index is 0.0298. The number of carbonyl (C=O) groups is 2. The second-order valence-electron chi connectivity index (χ2n) is 5.98. The Kier molecular flexibility index (Phi) is 5.59. The molecule has 0 atom stereocenters. The maximum atomic E-state index is 12.7. The quantitative estimate of drug-likeness (QED) is 0.353. The highest BCUT2D eigenvalue weighted by Crippen LogP contribution is 2.22. The van der Waals surface area contributed by atoms with E-state index in [9.17, 15) is 9.59 Å². The molecule has 5 nitrogen and oxygen atoms in total. The summed E-state index contributed by atoms with van der Waals surface area (Å²) in [6.45, 7) is 2.40. The van der Waals surface area contributed by atoms with Crippen molar-refractivity contribution in [2.75, 3.05) is 6.61 Å². The second kappa shape index (κ2) is 8.25. The van der Waals surface area contributed by atoms with Crippen molar-refractivity contribution in [3.8, 4) is 11.4 Å². The highest BCUT2D eigenvalue weighted by molar-refractivity contribution is 6.09. The summed E-state index contributed by atoms with van der Waals surface area (Å²) in [6, 6.07) is 12.8. The first-order valence-corrected chi connectivity index (χ1v) is 8.49. The highest BCUT2D eigenvalue weighted by atomic mass is 16.5. The molecule has 5 heteroatoms. The molecule has 0 spiro atoms. The zero-order chi connectivity index (χ0) is 18.4. The van der Waals surface area contributed by atoms with Crippen molar-refractivity contribution >= 4 is 12.1 Å². The van der Waals surface area contributed by atoms with Crippen LogP contribution in [0.3, 0.4) is 0 Å². The molecule has 0 amide bonds. The molecule has 3 rings (SSSR count). The molecule has 0 unspecified atom stereocenters. The van der Waals surface area contributed by atoms with Crippen LogP contribution in [0.1, 0.15) is 34.3 Å². The van der Waals surface area contributed by atoms with Crippen molar-refractivity contribution in [3.05, 3.63) is 77.9 Å². The molecule has 3 aromatic rings. The molecule has 0 aliphatic rings. The lowest BCUT2D eigenvalue weighted by atomic mass is 10.0. The third kappa shape index (κ3) is 4.06. The number of ketones is 1. The van der Waals surface area contributed by atoms with Gasteiger partial charge in [-0.15, -0.1) is 0 Å².